The molecule has 0 bridgehead atoms. The van der Waals surface area contributed by atoms with Crippen LogP contribution in [0.15, 0.2) is 60.6 Å². The van der Waals surface area contributed by atoms with E-state index in [9.17, 15) is 9.90 Å². The van der Waals surface area contributed by atoms with E-state index in [-0.39, 0.29) is 12.0 Å². The third-order valence-corrected chi connectivity index (χ3v) is 8.36. The number of nitrogens with zero attached hydrogens (tertiary/aromatic N) is 4. The van der Waals surface area contributed by atoms with Crippen LogP contribution in [0.4, 0.5) is 5.69 Å². The van der Waals surface area contributed by atoms with Crippen LogP contribution in [0.5, 0.6) is 0 Å². The summed E-state index contributed by atoms with van der Waals surface area (Å²) < 4.78 is 0. The van der Waals surface area contributed by atoms with Crippen LogP contribution >= 0.6 is 0 Å². The number of carbonyl (C=O) groups excluding carboxylic acids is 1. The van der Waals surface area contributed by atoms with E-state index in [4.69, 9.17) is 5.26 Å². The first kappa shape index (κ1) is 24.5. The average Bonchev–Trinajstić information content (AvgIpc) is 2.92. The van der Waals surface area contributed by atoms with E-state index in [0.717, 1.165) is 73.1 Å². The van der Waals surface area contributed by atoms with E-state index in [0.29, 0.717) is 23.2 Å². The van der Waals surface area contributed by atoms with E-state index in [1.807, 2.05) is 18.5 Å². The van der Waals surface area contributed by atoms with Crippen molar-refractivity contribution in [3.8, 4) is 17.2 Å². The highest BCUT2D eigenvalue weighted by Gasteiger charge is 2.40. The van der Waals surface area contributed by atoms with Gasteiger partial charge in [-0.15, -0.1) is 0 Å². The molecular formula is C31H31N5O2. The van der Waals surface area contributed by atoms with Crippen molar-refractivity contribution < 1.29 is 9.90 Å². The fourth-order valence-corrected chi connectivity index (χ4v) is 6.12. The van der Waals surface area contributed by atoms with E-state index in [2.05, 4.69) is 51.4 Å². The summed E-state index contributed by atoms with van der Waals surface area (Å²) in [6, 6.07) is 14.0. The maximum absolute atomic E-state index is 13.6. The van der Waals surface area contributed by atoms with Crippen LogP contribution in [0.25, 0.3) is 16.7 Å². The summed E-state index contributed by atoms with van der Waals surface area (Å²) in [6.07, 6.45) is 8.82. The Labute approximate surface area is 222 Å². The normalized spacial score (nSPS) is 21.2. The van der Waals surface area contributed by atoms with Crippen molar-refractivity contribution in [3.05, 3.63) is 82.9 Å². The molecule has 1 aliphatic heterocycles. The molecule has 2 atom stereocenters. The van der Waals surface area contributed by atoms with Crippen molar-refractivity contribution in [1.82, 2.24) is 14.9 Å². The number of benzene rings is 1. The number of nitrogens with one attached hydrogen (secondary N) is 1. The minimum Gasteiger partial charge on any atom is -0.393 e. The lowest BCUT2D eigenvalue weighted by molar-refractivity contribution is -0.111. The molecule has 2 N–H and O–H groups in total. The van der Waals surface area contributed by atoms with Crippen LogP contribution in [-0.4, -0.2) is 45.1 Å². The standard InChI is InChI=1S/C31H31N5O2/c1-19-26-6-7-28(26)30(31(38)35-24-4-3-23(14-32)34-17-24)29-13-21(2-5-27(19)29)22-12-20(15-33-16-22)18-36-10-8-25(37)9-11-36/h2-5,12-13,15-17,19,25-26,37H,6-11,18H2,1H3,(H,35,38)/t19-,26?/m1/s1. The molecule has 1 aromatic carbocycles. The molecule has 2 aromatic heterocycles. The molecule has 1 amide bonds. The van der Waals surface area contributed by atoms with Gasteiger partial charge in [0.2, 0.25) is 0 Å². The second-order valence-corrected chi connectivity index (χ2v) is 10.7. The Balaban J connectivity index is 1.30. The zero-order valence-electron chi connectivity index (χ0n) is 21.5. The second kappa shape index (κ2) is 10.1. The predicted octanol–water partition coefficient (Wildman–Crippen LogP) is 4.89. The topological polar surface area (TPSA) is 102 Å². The summed E-state index contributed by atoms with van der Waals surface area (Å²) in [5.41, 5.74) is 8.34. The van der Waals surface area contributed by atoms with Crippen LogP contribution < -0.4 is 5.32 Å². The first-order valence-corrected chi connectivity index (χ1v) is 13.4. The summed E-state index contributed by atoms with van der Waals surface area (Å²) in [6.45, 7) is 4.86. The lowest BCUT2D eigenvalue weighted by atomic mass is 9.62. The number of anilines is 1. The predicted molar refractivity (Wildman–Crippen MR) is 146 cm³/mol. The molecule has 2 aliphatic carbocycles. The number of aromatic nitrogens is 2. The SMILES string of the molecule is C[C@H]1c2ccc(-c3cncc(CN4CCC(O)CC4)c3)cc2C(C(=O)Nc2ccc(C#N)nc2)=C2CCC21. The molecular weight excluding hydrogens is 474 g/mol. The Hall–Kier alpha value is -3.86. The first-order chi connectivity index (χ1) is 18.5. The minimum atomic E-state index is -0.183. The van der Waals surface area contributed by atoms with Gasteiger partial charge in [0.05, 0.1) is 18.0 Å². The van der Waals surface area contributed by atoms with Gasteiger partial charge in [0.1, 0.15) is 11.8 Å². The molecule has 3 aliphatic rings. The number of aliphatic hydroxyl groups is 1. The highest BCUT2D eigenvalue weighted by Crippen LogP contribution is 2.53. The van der Waals surface area contributed by atoms with Crippen LogP contribution in [0.3, 0.4) is 0 Å². The van der Waals surface area contributed by atoms with Crippen molar-refractivity contribution >= 4 is 17.2 Å². The molecule has 1 saturated heterocycles. The Kier molecular flexibility index (Phi) is 6.52. The smallest absolute Gasteiger partial charge is 0.256 e. The van der Waals surface area contributed by atoms with E-state index in [1.165, 1.54) is 17.3 Å². The molecule has 7 heteroatoms. The van der Waals surface area contributed by atoms with Gasteiger partial charge in [-0.25, -0.2) is 4.98 Å². The molecule has 1 unspecified atom stereocenters. The number of carbonyl (C=O) groups is 1. The zero-order valence-corrected chi connectivity index (χ0v) is 21.5. The van der Waals surface area contributed by atoms with Crippen molar-refractivity contribution in [2.45, 2.75) is 51.2 Å². The molecule has 192 valence electrons. The Bertz CT molecular complexity index is 1450. The van der Waals surface area contributed by atoms with E-state index in [1.54, 1.807) is 12.1 Å². The van der Waals surface area contributed by atoms with Gasteiger partial charge in [0.15, 0.2) is 0 Å². The number of hydrogen-bond donors (Lipinski definition) is 2. The fourth-order valence-electron chi connectivity index (χ4n) is 6.12. The summed E-state index contributed by atoms with van der Waals surface area (Å²) in [5.74, 6) is 0.650. The number of hydrogen-bond acceptors (Lipinski definition) is 6. The van der Waals surface area contributed by atoms with Crippen molar-refractivity contribution in [1.29, 1.82) is 5.26 Å². The van der Waals surface area contributed by atoms with Gasteiger partial charge in [-0.1, -0.05) is 24.6 Å². The number of allylic oxidation sites excluding steroid dienone is 1. The van der Waals surface area contributed by atoms with Crippen LogP contribution in [0.1, 0.15) is 60.9 Å². The summed E-state index contributed by atoms with van der Waals surface area (Å²) in [4.78, 5) is 24.6. The molecule has 1 saturated carbocycles. The summed E-state index contributed by atoms with van der Waals surface area (Å²) in [5, 5.41) is 21.9. The Morgan fingerprint density at radius 3 is 2.66 bits per heavy atom. The molecule has 38 heavy (non-hydrogen) atoms. The van der Waals surface area contributed by atoms with E-state index < -0.39 is 0 Å². The maximum atomic E-state index is 13.6. The monoisotopic (exact) mass is 505 g/mol. The number of piperidine rings is 1. The number of amides is 1. The quantitative estimate of drug-likeness (QED) is 0.512. The molecule has 0 radical (unpaired) electrons. The van der Waals surface area contributed by atoms with Gasteiger partial charge in [0, 0.05) is 43.2 Å². The highest BCUT2D eigenvalue weighted by atomic mass is 16.3. The lowest BCUT2D eigenvalue weighted by Gasteiger charge is -2.42. The highest BCUT2D eigenvalue weighted by molar-refractivity contribution is 6.27. The number of rotatable bonds is 5. The van der Waals surface area contributed by atoms with Gasteiger partial charge >= 0.3 is 0 Å². The van der Waals surface area contributed by atoms with Crippen molar-refractivity contribution in [2.24, 2.45) is 5.92 Å². The molecule has 6 rings (SSSR count). The molecule has 2 fully saturated rings. The summed E-state index contributed by atoms with van der Waals surface area (Å²) in [7, 11) is 0. The fraction of sp³-hybridized carbons (Fsp3) is 0.355. The van der Waals surface area contributed by atoms with Crippen LogP contribution in [0, 0.1) is 17.2 Å². The van der Waals surface area contributed by atoms with Gasteiger partial charge < -0.3 is 10.4 Å². The van der Waals surface area contributed by atoms with Crippen LogP contribution in [0.2, 0.25) is 0 Å². The van der Waals surface area contributed by atoms with Crippen molar-refractivity contribution in [2.75, 3.05) is 18.4 Å². The third-order valence-electron chi connectivity index (χ3n) is 8.36. The first-order valence-electron chi connectivity index (χ1n) is 13.4. The van der Waals surface area contributed by atoms with Gasteiger partial charge in [-0.3, -0.25) is 14.7 Å². The average molecular weight is 506 g/mol. The second-order valence-electron chi connectivity index (χ2n) is 10.7. The zero-order chi connectivity index (χ0) is 26.2. The van der Waals surface area contributed by atoms with Gasteiger partial charge in [0.25, 0.3) is 5.91 Å². The number of aliphatic hydroxyl groups excluding tert-OH is 1. The van der Waals surface area contributed by atoms with Gasteiger partial charge in [-0.05, 0) is 84.0 Å². The van der Waals surface area contributed by atoms with Crippen LogP contribution in [-0.2, 0) is 11.3 Å². The number of nitriles is 1. The number of fused-ring (bicyclic) bond motifs is 2. The Morgan fingerprint density at radius 2 is 1.95 bits per heavy atom. The molecule has 0 spiro atoms. The van der Waals surface area contributed by atoms with Crippen molar-refractivity contribution in [3.63, 3.8) is 0 Å². The lowest BCUT2D eigenvalue weighted by Crippen LogP contribution is -2.35. The van der Waals surface area contributed by atoms with Gasteiger partial charge in [-0.2, -0.15) is 5.26 Å². The Morgan fingerprint density at radius 1 is 1.11 bits per heavy atom. The summed E-state index contributed by atoms with van der Waals surface area (Å²) >= 11 is 0. The largest absolute Gasteiger partial charge is 0.393 e. The number of pyridine rings is 2. The maximum Gasteiger partial charge on any atom is 0.256 e. The molecule has 3 heterocycles. The third kappa shape index (κ3) is 4.62. The van der Waals surface area contributed by atoms with E-state index >= 15 is 0 Å². The molecule has 7 nitrogen and oxygen atoms in total. The number of likely N-dealkylation sites (tertiary alicyclic amines) is 1. The molecule has 3 aromatic rings. The minimum absolute atomic E-state index is 0.124.